The molecule has 0 radical (unpaired) electrons. The molecular weight excluding hydrogens is 453 g/mol. The van der Waals surface area contributed by atoms with Gasteiger partial charge >= 0.3 is 0 Å². The SMILES string of the molecule is Nc1ncnc2cc(CN3CCN(Cc4cc5c(Cl)c(Cl)ccc5s4)CC3=O)ccc12. The van der Waals surface area contributed by atoms with Crippen LogP contribution in [0, 0.1) is 0 Å². The van der Waals surface area contributed by atoms with E-state index in [1.807, 2.05) is 35.2 Å². The highest BCUT2D eigenvalue weighted by atomic mass is 35.5. The third kappa shape index (κ3) is 4.06. The van der Waals surface area contributed by atoms with Gasteiger partial charge in [0.15, 0.2) is 0 Å². The lowest BCUT2D eigenvalue weighted by Gasteiger charge is -2.34. The number of rotatable bonds is 4. The molecule has 0 atom stereocenters. The number of halogens is 2. The normalized spacial score (nSPS) is 15.3. The number of fused-ring (bicyclic) bond motifs is 2. The number of nitrogens with zero attached hydrogens (tertiary/aromatic N) is 4. The summed E-state index contributed by atoms with van der Waals surface area (Å²) in [5.74, 6) is 0.585. The summed E-state index contributed by atoms with van der Waals surface area (Å²) >= 11 is 14.1. The van der Waals surface area contributed by atoms with E-state index in [2.05, 4.69) is 20.9 Å². The largest absolute Gasteiger partial charge is 0.383 e. The van der Waals surface area contributed by atoms with Crippen LogP contribution >= 0.6 is 34.5 Å². The van der Waals surface area contributed by atoms with Gasteiger partial charge in [-0.25, -0.2) is 9.97 Å². The third-order valence-electron chi connectivity index (χ3n) is 5.52. The van der Waals surface area contributed by atoms with E-state index < -0.39 is 0 Å². The van der Waals surface area contributed by atoms with Crippen molar-refractivity contribution in [1.82, 2.24) is 19.8 Å². The Bertz CT molecular complexity index is 1310. The van der Waals surface area contributed by atoms with Crippen molar-refractivity contribution >= 4 is 67.3 Å². The second kappa shape index (κ2) is 8.24. The van der Waals surface area contributed by atoms with Gasteiger partial charge in [-0.15, -0.1) is 11.3 Å². The van der Waals surface area contributed by atoms with Gasteiger partial charge in [-0.3, -0.25) is 9.69 Å². The van der Waals surface area contributed by atoms with Gasteiger partial charge in [-0.05, 0) is 35.9 Å². The highest BCUT2D eigenvalue weighted by Gasteiger charge is 2.24. The van der Waals surface area contributed by atoms with E-state index in [-0.39, 0.29) is 5.91 Å². The fourth-order valence-electron chi connectivity index (χ4n) is 3.90. The first-order chi connectivity index (χ1) is 15.0. The number of amides is 1. The maximum atomic E-state index is 12.8. The lowest BCUT2D eigenvalue weighted by molar-refractivity contribution is -0.136. The van der Waals surface area contributed by atoms with Crippen LogP contribution in [0.25, 0.3) is 21.0 Å². The maximum absolute atomic E-state index is 12.8. The molecule has 9 heteroatoms. The number of thiophene rings is 1. The molecule has 0 spiro atoms. The Morgan fingerprint density at radius 1 is 1.03 bits per heavy atom. The van der Waals surface area contributed by atoms with E-state index in [1.54, 1.807) is 11.3 Å². The number of hydrogen-bond acceptors (Lipinski definition) is 6. The Morgan fingerprint density at radius 3 is 2.74 bits per heavy atom. The minimum atomic E-state index is 0.121. The number of nitrogens with two attached hydrogens (primary N) is 1. The summed E-state index contributed by atoms with van der Waals surface area (Å²) in [4.78, 5) is 26.3. The van der Waals surface area contributed by atoms with E-state index in [1.165, 1.54) is 11.2 Å². The van der Waals surface area contributed by atoms with Crippen LogP contribution in [0.3, 0.4) is 0 Å². The van der Waals surface area contributed by atoms with Crippen molar-refractivity contribution in [3.8, 4) is 0 Å². The van der Waals surface area contributed by atoms with E-state index in [4.69, 9.17) is 28.9 Å². The molecule has 1 aliphatic rings. The predicted octanol–water partition coefficient (Wildman–Crippen LogP) is 4.58. The summed E-state index contributed by atoms with van der Waals surface area (Å²) in [6, 6.07) is 11.8. The van der Waals surface area contributed by atoms with Gasteiger partial charge in [0.1, 0.15) is 12.1 Å². The molecule has 6 nitrogen and oxygen atoms in total. The average molecular weight is 472 g/mol. The van der Waals surface area contributed by atoms with Gasteiger partial charge in [0.2, 0.25) is 5.91 Å². The van der Waals surface area contributed by atoms with Gasteiger partial charge in [0.25, 0.3) is 0 Å². The van der Waals surface area contributed by atoms with Crippen molar-refractivity contribution in [1.29, 1.82) is 0 Å². The number of benzene rings is 2. The van der Waals surface area contributed by atoms with Gasteiger partial charge < -0.3 is 10.6 Å². The zero-order valence-corrected chi connectivity index (χ0v) is 18.8. The standard InChI is InChI=1S/C22H19Cl2N5OS/c23-17-3-4-19-16(21(17)24)8-14(31-19)10-28-5-6-29(20(30)11-28)9-13-1-2-15-18(7-13)26-12-27-22(15)25/h1-4,7-8,12H,5-6,9-11H2,(H2,25,26,27). The fourth-order valence-corrected chi connectivity index (χ4v) is 5.46. The van der Waals surface area contributed by atoms with E-state index in [0.717, 1.165) is 39.6 Å². The van der Waals surface area contributed by atoms with Crippen molar-refractivity contribution in [3.05, 3.63) is 63.2 Å². The zero-order chi connectivity index (χ0) is 21.5. The average Bonchev–Trinajstić information content (AvgIpc) is 3.16. The minimum Gasteiger partial charge on any atom is -0.383 e. The molecule has 2 aromatic carbocycles. The second-order valence-electron chi connectivity index (χ2n) is 7.62. The number of carbonyl (C=O) groups is 1. The first kappa shape index (κ1) is 20.5. The summed E-state index contributed by atoms with van der Waals surface area (Å²) in [5, 5.41) is 2.95. The summed E-state index contributed by atoms with van der Waals surface area (Å²) in [5.41, 5.74) is 7.72. The molecule has 3 heterocycles. The minimum absolute atomic E-state index is 0.121. The summed E-state index contributed by atoms with van der Waals surface area (Å²) in [7, 11) is 0. The predicted molar refractivity (Wildman–Crippen MR) is 126 cm³/mol. The van der Waals surface area contributed by atoms with Gasteiger partial charge in [-0.2, -0.15) is 0 Å². The van der Waals surface area contributed by atoms with Gasteiger partial charge in [0.05, 0.1) is 22.1 Å². The first-order valence-electron chi connectivity index (χ1n) is 9.83. The number of piperazine rings is 1. The number of anilines is 1. The molecular formula is C22H19Cl2N5OS. The number of nitrogen functional groups attached to an aromatic ring is 1. The zero-order valence-electron chi connectivity index (χ0n) is 16.5. The van der Waals surface area contributed by atoms with Crippen molar-refractivity contribution < 1.29 is 4.79 Å². The monoisotopic (exact) mass is 471 g/mol. The second-order valence-corrected chi connectivity index (χ2v) is 9.58. The molecule has 4 aromatic rings. The quantitative estimate of drug-likeness (QED) is 0.471. The number of carbonyl (C=O) groups excluding carboxylic acids is 1. The lowest BCUT2D eigenvalue weighted by atomic mass is 10.1. The van der Waals surface area contributed by atoms with Crippen LogP contribution in [-0.4, -0.2) is 45.3 Å². The van der Waals surface area contributed by atoms with Crippen LogP contribution in [0.15, 0.2) is 42.7 Å². The van der Waals surface area contributed by atoms with Crippen molar-refractivity contribution in [3.63, 3.8) is 0 Å². The first-order valence-corrected chi connectivity index (χ1v) is 11.4. The summed E-state index contributed by atoms with van der Waals surface area (Å²) in [6.07, 6.45) is 1.46. The van der Waals surface area contributed by atoms with Gasteiger partial charge in [0, 0.05) is 46.5 Å². The number of aromatic nitrogens is 2. The highest BCUT2D eigenvalue weighted by Crippen LogP contribution is 2.36. The van der Waals surface area contributed by atoms with Crippen LogP contribution in [0.5, 0.6) is 0 Å². The Kier molecular flexibility index (Phi) is 5.44. The molecule has 1 amide bonds. The summed E-state index contributed by atoms with van der Waals surface area (Å²) in [6.45, 7) is 3.17. The van der Waals surface area contributed by atoms with Crippen LogP contribution in [-0.2, 0) is 17.9 Å². The summed E-state index contributed by atoms with van der Waals surface area (Å²) < 4.78 is 1.11. The molecule has 158 valence electrons. The Balaban J connectivity index is 1.25. The smallest absolute Gasteiger partial charge is 0.237 e. The molecule has 1 fully saturated rings. The van der Waals surface area contributed by atoms with E-state index in [9.17, 15) is 4.79 Å². The molecule has 0 unspecified atom stereocenters. The molecule has 2 aromatic heterocycles. The lowest BCUT2D eigenvalue weighted by Crippen LogP contribution is -2.49. The van der Waals surface area contributed by atoms with Crippen molar-refractivity contribution in [2.45, 2.75) is 13.1 Å². The Labute approximate surface area is 193 Å². The van der Waals surface area contributed by atoms with Gasteiger partial charge in [-0.1, -0.05) is 29.3 Å². The molecule has 5 rings (SSSR count). The van der Waals surface area contributed by atoms with Crippen LogP contribution in [0.4, 0.5) is 5.82 Å². The van der Waals surface area contributed by atoms with E-state index in [0.29, 0.717) is 35.5 Å². The van der Waals surface area contributed by atoms with Crippen LogP contribution in [0.1, 0.15) is 10.4 Å². The molecule has 2 N–H and O–H groups in total. The van der Waals surface area contributed by atoms with Crippen LogP contribution < -0.4 is 5.73 Å². The van der Waals surface area contributed by atoms with Crippen molar-refractivity contribution in [2.24, 2.45) is 0 Å². The Hall–Kier alpha value is -2.45. The number of hydrogen-bond donors (Lipinski definition) is 1. The van der Waals surface area contributed by atoms with Crippen LogP contribution in [0.2, 0.25) is 10.0 Å². The van der Waals surface area contributed by atoms with E-state index >= 15 is 0 Å². The highest BCUT2D eigenvalue weighted by molar-refractivity contribution is 7.19. The molecule has 1 aliphatic heterocycles. The van der Waals surface area contributed by atoms with Crippen molar-refractivity contribution in [2.75, 3.05) is 25.4 Å². The fraction of sp³-hybridized carbons (Fsp3) is 0.227. The third-order valence-corrected chi connectivity index (χ3v) is 7.43. The Morgan fingerprint density at radius 2 is 1.90 bits per heavy atom. The molecule has 0 saturated carbocycles. The molecule has 0 aliphatic carbocycles. The maximum Gasteiger partial charge on any atom is 0.237 e. The topological polar surface area (TPSA) is 75.3 Å². The molecule has 1 saturated heterocycles. The molecule has 31 heavy (non-hydrogen) atoms. The molecule has 0 bridgehead atoms.